The summed E-state index contributed by atoms with van der Waals surface area (Å²) in [5, 5.41) is 0. The molecule has 1 saturated carbocycles. The molecule has 3 aliphatic rings. The average Bonchev–Trinajstić information content (AvgIpc) is 3.45. The van der Waals surface area contributed by atoms with Crippen LogP contribution < -0.4 is 26.0 Å². The molecule has 1 aromatic carbocycles. The number of fused-ring (bicyclic) bond motifs is 3. The first kappa shape index (κ1) is 22.7. The Balaban J connectivity index is 1.47. The summed E-state index contributed by atoms with van der Waals surface area (Å²) in [6, 6.07) is 3.03. The van der Waals surface area contributed by atoms with Crippen molar-refractivity contribution in [1.29, 1.82) is 0 Å². The average molecular weight is 491 g/mol. The number of carbonyl (C=O) groups is 1. The fourth-order valence-electron chi connectivity index (χ4n) is 5.30. The normalized spacial score (nSPS) is 18.8. The van der Waals surface area contributed by atoms with Gasteiger partial charge in [-0.15, -0.1) is 0 Å². The van der Waals surface area contributed by atoms with Crippen molar-refractivity contribution in [3.05, 3.63) is 47.4 Å². The topological polar surface area (TPSA) is 136 Å². The molecule has 1 atom stereocenters. The third kappa shape index (κ3) is 3.66. The molecule has 186 valence electrons. The van der Waals surface area contributed by atoms with Crippen molar-refractivity contribution in [2.45, 2.75) is 32.2 Å². The lowest BCUT2D eigenvalue weighted by Gasteiger charge is -2.22. The maximum Gasteiger partial charge on any atom is 0.324 e. The summed E-state index contributed by atoms with van der Waals surface area (Å²) >= 11 is 0. The first-order valence-corrected chi connectivity index (χ1v) is 12.0. The molecular weight excluding hydrogens is 463 g/mol. The number of likely N-dealkylation sites (N-methyl/N-ethyl adjacent to an activating group) is 1. The minimum Gasteiger partial charge on any atom is -0.421 e. The molecule has 11 heteroatoms. The number of halogens is 1. The zero-order valence-electron chi connectivity index (χ0n) is 20.2. The number of anilines is 2. The summed E-state index contributed by atoms with van der Waals surface area (Å²) < 4.78 is 20.8. The number of hydrogen-bond acceptors (Lipinski definition) is 9. The second-order valence-electron chi connectivity index (χ2n) is 9.85. The molecule has 3 heterocycles. The number of rotatable bonds is 5. The van der Waals surface area contributed by atoms with Gasteiger partial charge in [0.25, 0.3) is 0 Å². The molecular formula is C25H27FN8O2. The second kappa shape index (κ2) is 8.17. The lowest BCUT2D eigenvalue weighted by atomic mass is 10.0. The van der Waals surface area contributed by atoms with Crippen LogP contribution >= 0.6 is 0 Å². The predicted molar refractivity (Wildman–Crippen MR) is 131 cm³/mol. The first-order valence-electron chi connectivity index (χ1n) is 12.0. The van der Waals surface area contributed by atoms with E-state index >= 15 is 0 Å². The molecule has 1 saturated heterocycles. The van der Waals surface area contributed by atoms with E-state index in [1.807, 2.05) is 0 Å². The number of benzene rings is 1. The Bertz CT molecular complexity index is 1380. The van der Waals surface area contributed by atoms with Gasteiger partial charge in [-0.05, 0) is 43.0 Å². The highest BCUT2D eigenvalue weighted by atomic mass is 19.1. The van der Waals surface area contributed by atoms with E-state index in [9.17, 15) is 9.18 Å². The van der Waals surface area contributed by atoms with Crippen molar-refractivity contribution in [1.82, 2.24) is 19.9 Å². The molecule has 1 amide bonds. The van der Waals surface area contributed by atoms with Crippen LogP contribution in [0.2, 0.25) is 0 Å². The molecule has 0 radical (unpaired) electrons. The standard InChI is InChI=1S/C25H27FN8O2/c1-13-29-9-15(10-30-13)36-24-31-18-7-16-17(5-14(26)6-19(16)33(2)21(35)8-27)22(18)23(32-24)34-11-20(28)25(12-34)3-4-25/h5-6,9-10,20H,3-4,7-8,11-12,27-28H2,1-2H3/t20-/m0/s1. The van der Waals surface area contributed by atoms with Gasteiger partial charge in [-0.25, -0.2) is 14.4 Å². The Kier molecular flexibility index (Phi) is 5.16. The van der Waals surface area contributed by atoms with Crippen LogP contribution in [0.25, 0.3) is 11.1 Å². The number of carbonyl (C=O) groups excluding carboxylic acids is 1. The lowest BCUT2D eigenvalue weighted by molar-refractivity contribution is -0.117. The number of nitrogens with zero attached hydrogens (tertiary/aromatic N) is 6. The first-order chi connectivity index (χ1) is 17.3. The zero-order valence-corrected chi connectivity index (χ0v) is 20.2. The van der Waals surface area contributed by atoms with Gasteiger partial charge in [-0.2, -0.15) is 9.97 Å². The maximum absolute atomic E-state index is 14.9. The van der Waals surface area contributed by atoms with E-state index < -0.39 is 5.82 Å². The molecule has 10 nitrogen and oxygen atoms in total. The van der Waals surface area contributed by atoms with E-state index in [0.717, 1.165) is 30.5 Å². The molecule has 3 aromatic rings. The van der Waals surface area contributed by atoms with Crippen LogP contribution in [-0.2, 0) is 11.2 Å². The zero-order chi connectivity index (χ0) is 25.2. The van der Waals surface area contributed by atoms with Crippen molar-refractivity contribution in [3.8, 4) is 22.9 Å². The monoisotopic (exact) mass is 490 g/mol. The van der Waals surface area contributed by atoms with Crippen molar-refractivity contribution in [3.63, 3.8) is 0 Å². The Hall–Kier alpha value is -3.70. The van der Waals surface area contributed by atoms with Gasteiger partial charge in [0, 0.05) is 43.6 Å². The fraction of sp³-hybridized carbons (Fsp3) is 0.400. The van der Waals surface area contributed by atoms with E-state index in [2.05, 4.69) is 19.9 Å². The van der Waals surface area contributed by atoms with Crippen LogP contribution in [0.4, 0.5) is 15.9 Å². The summed E-state index contributed by atoms with van der Waals surface area (Å²) in [7, 11) is 1.60. The number of nitrogens with two attached hydrogens (primary N) is 2. The Morgan fingerprint density at radius 2 is 2.03 bits per heavy atom. The van der Waals surface area contributed by atoms with Gasteiger partial charge in [0.2, 0.25) is 5.91 Å². The third-order valence-electron chi connectivity index (χ3n) is 7.53. The fourth-order valence-corrected chi connectivity index (χ4v) is 5.30. The van der Waals surface area contributed by atoms with Crippen molar-refractivity contribution in [2.24, 2.45) is 16.9 Å². The van der Waals surface area contributed by atoms with Gasteiger partial charge < -0.3 is 26.0 Å². The summed E-state index contributed by atoms with van der Waals surface area (Å²) in [6.45, 7) is 3.02. The van der Waals surface area contributed by atoms with Crippen LogP contribution in [0.1, 0.15) is 29.9 Å². The lowest BCUT2D eigenvalue weighted by Crippen LogP contribution is -2.33. The second-order valence-corrected chi connectivity index (χ2v) is 9.85. The quantitative estimate of drug-likeness (QED) is 0.430. The highest BCUT2D eigenvalue weighted by Gasteiger charge is 2.54. The van der Waals surface area contributed by atoms with Crippen molar-refractivity contribution in [2.75, 3.05) is 36.5 Å². The summed E-state index contributed by atoms with van der Waals surface area (Å²) in [6.07, 6.45) is 5.70. The van der Waals surface area contributed by atoms with Gasteiger partial charge in [0.05, 0.1) is 30.3 Å². The minimum atomic E-state index is -0.451. The Morgan fingerprint density at radius 1 is 1.28 bits per heavy atom. The number of ether oxygens (including phenoxy) is 1. The SMILES string of the molecule is Cc1ncc(Oc2nc3c(c(N4C[C@H](N)C5(CC5)C4)n2)-c2cc(F)cc(N(C)C(=O)CN)c2C3)cn1. The molecule has 0 bridgehead atoms. The molecule has 2 aliphatic carbocycles. The maximum atomic E-state index is 14.9. The van der Waals surface area contributed by atoms with E-state index in [4.69, 9.17) is 21.2 Å². The van der Waals surface area contributed by atoms with Gasteiger partial charge in [0.1, 0.15) is 17.5 Å². The molecule has 1 spiro atoms. The molecule has 36 heavy (non-hydrogen) atoms. The Labute approximate surface area is 207 Å². The Morgan fingerprint density at radius 3 is 2.69 bits per heavy atom. The number of amides is 1. The molecule has 0 unspecified atom stereocenters. The minimum absolute atomic E-state index is 0.0373. The molecule has 2 aromatic heterocycles. The summed E-state index contributed by atoms with van der Waals surface area (Å²) in [4.78, 5) is 33.7. The van der Waals surface area contributed by atoms with Crippen LogP contribution in [-0.4, -0.2) is 58.6 Å². The van der Waals surface area contributed by atoms with E-state index in [1.54, 1.807) is 26.4 Å². The van der Waals surface area contributed by atoms with Crippen LogP contribution in [0.15, 0.2) is 24.5 Å². The largest absolute Gasteiger partial charge is 0.421 e. The highest BCUT2D eigenvalue weighted by Crippen LogP contribution is 2.54. The van der Waals surface area contributed by atoms with E-state index in [-0.39, 0.29) is 29.9 Å². The van der Waals surface area contributed by atoms with Gasteiger partial charge >= 0.3 is 6.01 Å². The predicted octanol–water partition coefficient (Wildman–Crippen LogP) is 1.93. The van der Waals surface area contributed by atoms with Crippen molar-refractivity contribution >= 4 is 17.4 Å². The van der Waals surface area contributed by atoms with Crippen LogP contribution in [0.3, 0.4) is 0 Å². The summed E-state index contributed by atoms with van der Waals surface area (Å²) in [5.41, 5.74) is 15.6. The van der Waals surface area contributed by atoms with Crippen molar-refractivity contribution < 1.29 is 13.9 Å². The summed E-state index contributed by atoms with van der Waals surface area (Å²) in [5.74, 6) is 0.937. The van der Waals surface area contributed by atoms with Gasteiger partial charge in [-0.3, -0.25) is 4.79 Å². The smallest absolute Gasteiger partial charge is 0.324 e. The number of hydrogen-bond donors (Lipinski definition) is 2. The van der Waals surface area contributed by atoms with Crippen LogP contribution in [0, 0.1) is 18.2 Å². The van der Waals surface area contributed by atoms with Crippen LogP contribution in [0.5, 0.6) is 11.8 Å². The molecule has 4 N–H and O–H groups in total. The van der Waals surface area contributed by atoms with Gasteiger partial charge in [0.15, 0.2) is 5.75 Å². The number of aromatic nitrogens is 4. The third-order valence-corrected chi connectivity index (χ3v) is 7.53. The number of aryl methyl sites for hydroxylation is 1. The molecule has 2 fully saturated rings. The van der Waals surface area contributed by atoms with E-state index in [0.29, 0.717) is 47.3 Å². The molecule has 6 rings (SSSR count). The van der Waals surface area contributed by atoms with E-state index in [1.165, 1.54) is 17.0 Å². The molecule has 1 aliphatic heterocycles. The van der Waals surface area contributed by atoms with Gasteiger partial charge in [-0.1, -0.05) is 0 Å². The highest BCUT2D eigenvalue weighted by molar-refractivity contribution is 5.98.